The van der Waals surface area contributed by atoms with Crippen LogP contribution in [0.3, 0.4) is 0 Å². The molecule has 0 saturated heterocycles. The minimum Gasteiger partial charge on any atom is -0.456 e. The number of para-hydroxylation sites is 1. The van der Waals surface area contributed by atoms with Gasteiger partial charge in [-0.2, -0.15) is 0 Å². The summed E-state index contributed by atoms with van der Waals surface area (Å²) in [5.74, 6) is 0. The van der Waals surface area contributed by atoms with Crippen molar-refractivity contribution in [2.24, 2.45) is 0 Å². The summed E-state index contributed by atoms with van der Waals surface area (Å²) in [5.41, 5.74) is 14.5. The van der Waals surface area contributed by atoms with Gasteiger partial charge in [-0.05, 0) is 109 Å². The van der Waals surface area contributed by atoms with Crippen LogP contribution in [0.2, 0.25) is 0 Å². The van der Waals surface area contributed by atoms with Crippen molar-refractivity contribution in [1.29, 1.82) is 0 Å². The first kappa shape index (κ1) is 33.6. The first-order valence-electron chi connectivity index (χ1n) is 19.8. The molecule has 2 heteroatoms. The fraction of sp³-hybridized carbons (Fsp3) is 0. The lowest BCUT2D eigenvalue weighted by Gasteiger charge is -2.28. The van der Waals surface area contributed by atoms with E-state index in [1.54, 1.807) is 0 Å². The Labute approximate surface area is 337 Å². The van der Waals surface area contributed by atoms with Crippen LogP contribution in [0.15, 0.2) is 229 Å². The van der Waals surface area contributed by atoms with Crippen LogP contribution in [-0.2, 0) is 0 Å². The predicted molar refractivity (Wildman–Crippen MR) is 245 cm³/mol. The molecule has 0 radical (unpaired) electrons. The molecule has 2 nitrogen and oxygen atoms in total. The van der Waals surface area contributed by atoms with Crippen LogP contribution in [0.25, 0.3) is 88.0 Å². The molecule has 11 rings (SSSR count). The fourth-order valence-corrected chi connectivity index (χ4v) is 8.61. The van der Waals surface area contributed by atoms with E-state index in [-0.39, 0.29) is 0 Å². The van der Waals surface area contributed by atoms with E-state index >= 15 is 0 Å². The highest BCUT2D eigenvalue weighted by atomic mass is 16.3. The first-order chi connectivity index (χ1) is 28.7. The van der Waals surface area contributed by atoms with Crippen molar-refractivity contribution in [1.82, 2.24) is 0 Å². The Bertz CT molecular complexity index is 3250. The maximum atomic E-state index is 6.40. The zero-order valence-corrected chi connectivity index (χ0v) is 31.7. The van der Waals surface area contributed by atoms with Gasteiger partial charge in [0.25, 0.3) is 0 Å². The summed E-state index contributed by atoms with van der Waals surface area (Å²) in [7, 11) is 0. The zero-order valence-electron chi connectivity index (χ0n) is 31.7. The maximum absolute atomic E-state index is 6.40. The Kier molecular flexibility index (Phi) is 8.19. The smallest absolute Gasteiger partial charge is 0.136 e. The highest BCUT2D eigenvalue weighted by molar-refractivity contribution is 6.19. The van der Waals surface area contributed by atoms with Crippen molar-refractivity contribution in [2.45, 2.75) is 0 Å². The van der Waals surface area contributed by atoms with Crippen molar-refractivity contribution in [3.63, 3.8) is 0 Å². The molecule has 10 aromatic carbocycles. The van der Waals surface area contributed by atoms with E-state index in [2.05, 4.69) is 229 Å². The standard InChI is InChI=1S/C56H37NO/c1-2-11-38(12-3-1)40-25-31-46(32-26-40)57(47-33-27-41(28-34-47)39-21-23-44(24-22-39)49-19-10-15-42-13-4-6-16-48(42)49)53-20-9-8-17-50(53)45-30-35-54-52(37-45)56-51-18-7-5-14-43(51)29-36-55(56)58-54/h1-37H. The van der Waals surface area contributed by atoms with E-state index in [1.807, 2.05) is 0 Å². The van der Waals surface area contributed by atoms with Gasteiger partial charge in [0, 0.05) is 27.7 Å². The van der Waals surface area contributed by atoms with Crippen molar-refractivity contribution in [3.8, 4) is 44.5 Å². The number of fused-ring (bicyclic) bond motifs is 6. The van der Waals surface area contributed by atoms with Gasteiger partial charge in [-0.25, -0.2) is 0 Å². The largest absolute Gasteiger partial charge is 0.456 e. The van der Waals surface area contributed by atoms with Crippen LogP contribution < -0.4 is 4.90 Å². The monoisotopic (exact) mass is 739 g/mol. The van der Waals surface area contributed by atoms with Crippen LogP contribution in [0.4, 0.5) is 17.1 Å². The summed E-state index contributed by atoms with van der Waals surface area (Å²) in [6.45, 7) is 0. The van der Waals surface area contributed by atoms with E-state index in [0.717, 1.165) is 50.1 Å². The Hall–Kier alpha value is -7.68. The van der Waals surface area contributed by atoms with Gasteiger partial charge in [-0.15, -0.1) is 0 Å². The third-order valence-corrected chi connectivity index (χ3v) is 11.5. The van der Waals surface area contributed by atoms with Gasteiger partial charge in [0.15, 0.2) is 0 Å². The molecule has 1 aromatic heterocycles. The van der Waals surface area contributed by atoms with Crippen LogP contribution in [0.1, 0.15) is 0 Å². The molecule has 11 aromatic rings. The summed E-state index contributed by atoms with van der Waals surface area (Å²) in [4.78, 5) is 2.38. The van der Waals surface area contributed by atoms with Gasteiger partial charge < -0.3 is 9.32 Å². The molecule has 0 atom stereocenters. The fourth-order valence-electron chi connectivity index (χ4n) is 8.61. The second-order valence-corrected chi connectivity index (χ2v) is 14.9. The highest BCUT2D eigenvalue weighted by Gasteiger charge is 2.19. The van der Waals surface area contributed by atoms with Crippen molar-refractivity contribution in [2.75, 3.05) is 4.90 Å². The average Bonchev–Trinajstić information content (AvgIpc) is 3.69. The molecule has 0 fully saturated rings. The summed E-state index contributed by atoms with van der Waals surface area (Å²) in [6.07, 6.45) is 0. The second-order valence-electron chi connectivity index (χ2n) is 14.9. The van der Waals surface area contributed by atoms with Crippen LogP contribution in [-0.4, -0.2) is 0 Å². The van der Waals surface area contributed by atoms with Gasteiger partial charge in [-0.1, -0.05) is 176 Å². The van der Waals surface area contributed by atoms with E-state index in [1.165, 1.54) is 54.9 Å². The van der Waals surface area contributed by atoms with Gasteiger partial charge in [-0.3, -0.25) is 0 Å². The summed E-state index contributed by atoms with van der Waals surface area (Å²) < 4.78 is 6.40. The summed E-state index contributed by atoms with van der Waals surface area (Å²) in [6, 6.07) is 80.7. The topological polar surface area (TPSA) is 16.4 Å². The molecule has 0 aliphatic carbocycles. The minimum absolute atomic E-state index is 0.890. The van der Waals surface area contributed by atoms with Gasteiger partial charge in [0.2, 0.25) is 0 Å². The number of hydrogen-bond donors (Lipinski definition) is 0. The number of anilines is 3. The molecule has 0 spiro atoms. The van der Waals surface area contributed by atoms with Crippen molar-refractivity contribution < 1.29 is 4.42 Å². The summed E-state index contributed by atoms with van der Waals surface area (Å²) >= 11 is 0. The highest BCUT2D eigenvalue weighted by Crippen LogP contribution is 2.44. The quantitative estimate of drug-likeness (QED) is 0.162. The molecule has 1 heterocycles. The third-order valence-electron chi connectivity index (χ3n) is 11.5. The Balaban J connectivity index is 1.01. The van der Waals surface area contributed by atoms with Gasteiger partial charge in [0.05, 0.1) is 5.69 Å². The number of furan rings is 1. The predicted octanol–water partition coefficient (Wildman–Crippen LogP) is 16.0. The van der Waals surface area contributed by atoms with E-state index < -0.39 is 0 Å². The number of hydrogen-bond acceptors (Lipinski definition) is 2. The second kappa shape index (κ2) is 14.1. The maximum Gasteiger partial charge on any atom is 0.136 e. The molecule has 272 valence electrons. The van der Waals surface area contributed by atoms with E-state index in [4.69, 9.17) is 4.42 Å². The minimum atomic E-state index is 0.890. The third kappa shape index (κ3) is 5.91. The lowest BCUT2D eigenvalue weighted by atomic mass is 9.96. The zero-order chi connectivity index (χ0) is 38.4. The van der Waals surface area contributed by atoms with Gasteiger partial charge in [0.1, 0.15) is 11.2 Å². The summed E-state index contributed by atoms with van der Waals surface area (Å²) in [5, 5.41) is 7.20. The Morgan fingerprint density at radius 3 is 1.52 bits per heavy atom. The van der Waals surface area contributed by atoms with E-state index in [0.29, 0.717) is 0 Å². The molecule has 0 aliphatic heterocycles. The first-order valence-corrected chi connectivity index (χ1v) is 19.8. The molecule has 0 aliphatic rings. The number of rotatable bonds is 7. The molecular weight excluding hydrogens is 703 g/mol. The molecular formula is C56H37NO. The van der Waals surface area contributed by atoms with E-state index in [9.17, 15) is 0 Å². The molecule has 58 heavy (non-hydrogen) atoms. The molecule has 0 unspecified atom stereocenters. The molecule has 0 saturated carbocycles. The average molecular weight is 740 g/mol. The lowest BCUT2D eigenvalue weighted by molar-refractivity contribution is 0.669. The Morgan fingerprint density at radius 1 is 0.293 bits per heavy atom. The van der Waals surface area contributed by atoms with Crippen molar-refractivity contribution in [3.05, 3.63) is 224 Å². The Morgan fingerprint density at radius 2 is 0.793 bits per heavy atom. The molecule has 0 bridgehead atoms. The number of benzene rings is 10. The molecule has 0 amide bonds. The van der Waals surface area contributed by atoms with Crippen LogP contribution in [0, 0.1) is 0 Å². The van der Waals surface area contributed by atoms with Crippen LogP contribution in [0.5, 0.6) is 0 Å². The molecule has 0 N–H and O–H groups in total. The number of nitrogens with zero attached hydrogens (tertiary/aromatic N) is 1. The lowest BCUT2D eigenvalue weighted by Crippen LogP contribution is -2.11. The van der Waals surface area contributed by atoms with Crippen LogP contribution >= 0.6 is 0 Å². The normalized spacial score (nSPS) is 11.4. The van der Waals surface area contributed by atoms with Crippen molar-refractivity contribution >= 4 is 60.5 Å². The van der Waals surface area contributed by atoms with Gasteiger partial charge >= 0.3 is 0 Å². The SMILES string of the molecule is c1ccc(-c2ccc(N(c3ccc(-c4ccc(-c5cccc6ccccc56)cc4)cc3)c3ccccc3-c3ccc4oc5ccc6ccccc6c5c4c3)cc2)cc1.